The van der Waals surface area contributed by atoms with E-state index in [1.165, 1.54) is 6.20 Å². The van der Waals surface area contributed by atoms with Crippen LogP contribution in [0.5, 0.6) is 0 Å². The van der Waals surface area contributed by atoms with Gasteiger partial charge in [0.25, 0.3) is 0 Å². The lowest BCUT2D eigenvalue weighted by atomic mass is 9.92. The van der Waals surface area contributed by atoms with Gasteiger partial charge in [0.15, 0.2) is 0 Å². The van der Waals surface area contributed by atoms with Crippen LogP contribution in [0.25, 0.3) is 0 Å². The van der Waals surface area contributed by atoms with Gasteiger partial charge in [0, 0.05) is 12.7 Å². The van der Waals surface area contributed by atoms with Crippen molar-refractivity contribution in [3.8, 4) is 6.07 Å². The van der Waals surface area contributed by atoms with Gasteiger partial charge in [0.05, 0.1) is 29.9 Å². The quantitative estimate of drug-likeness (QED) is 0.732. The van der Waals surface area contributed by atoms with Crippen molar-refractivity contribution in [2.45, 2.75) is 33.7 Å². The Morgan fingerprint density at radius 2 is 2.35 bits per heavy atom. The minimum Gasteiger partial charge on any atom is -0.462 e. The number of aryl methyl sites for hydroxylation is 1. The van der Waals surface area contributed by atoms with Crippen LogP contribution in [0.2, 0.25) is 0 Å². The fraction of sp³-hybridized carbons (Fsp3) is 0.583. The molecule has 0 saturated heterocycles. The van der Waals surface area contributed by atoms with Gasteiger partial charge >= 0.3 is 5.97 Å². The van der Waals surface area contributed by atoms with E-state index in [0.29, 0.717) is 25.1 Å². The molecule has 92 valence electrons. The van der Waals surface area contributed by atoms with Crippen LogP contribution < -0.4 is 0 Å². The second-order valence-corrected chi connectivity index (χ2v) is 4.46. The van der Waals surface area contributed by atoms with Crippen molar-refractivity contribution in [1.82, 2.24) is 9.78 Å². The first kappa shape index (κ1) is 13.2. The molecule has 1 aromatic heterocycles. The summed E-state index contributed by atoms with van der Waals surface area (Å²) in [5, 5.41) is 12.9. The first-order valence-corrected chi connectivity index (χ1v) is 5.59. The van der Waals surface area contributed by atoms with E-state index >= 15 is 0 Å². The Bertz CT molecular complexity index is 429. The van der Waals surface area contributed by atoms with Crippen molar-refractivity contribution < 1.29 is 9.53 Å². The SMILES string of the molecule is CCOC(=O)c1cnn(CCC(C)(C)C#N)c1. The Labute approximate surface area is 101 Å². The number of carbonyl (C=O) groups is 1. The van der Waals surface area contributed by atoms with E-state index in [1.807, 2.05) is 13.8 Å². The number of nitrogens with zero attached hydrogens (tertiary/aromatic N) is 3. The lowest BCUT2D eigenvalue weighted by Gasteiger charge is -2.14. The lowest BCUT2D eigenvalue weighted by Crippen LogP contribution is -2.12. The molecular weight excluding hydrogens is 218 g/mol. The van der Waals surface area contributed by atoms with Crippen LogP contribution in [0.4, 0.5) is 0 Å². The number of hydrogen-bond acceptors (Lipinski definition) is 4. The van der Waals surface area contributed by atoms with Crippen LogP contribution in [-0.2, 0) is 11.3 Å². The Morgan fingerprint density at radius 3 is 2.94 bits per heavy atom. The van der Waals surface area contributed by atoms with Crippen molar-refractivity contribution in [1.29, 1.82) is 5.26 Å². The monoisotopic (exact) mass is 235 g/mol. The van der Waals surface area contributed by atoms with Crippen LogP contribution in [0.3, 0.4) is 0 Å². The second kappa shape index (κ2) is 5.48. The highest BCUT2D eigenvalue weighted by atomic mass is 16.5. The maximum atomic E-state index is 11.4. The van der Waals surface area contributed by atoms with Gasteiger partial charge in [-0.15, -0.1) is 0 Å². The topological polar surface area (TPSA) is 67.9 Å². The molecule has 0 aliphatic rings. The minimum absolute atomic E-state index is 0.353. The van der Waals surface area contributed by atoms with Gasteiger partial charge in [-0.25, -0.2) is 4.79 Å². The molecule has 5 nitrogen and oxygen atoms in total. The summed E-state index contributed by atoms with van der Waals surface area (Å²) in [6, 6.07) is 2.23. The molecule has 0 bridgehead atoms. The third-order valence-electron chi connectivity index (χ3n) is 2.41. The molecule has 0 saturated carbocycles. The second-order valence-electron chi connectivity index (χ2n) is 4.46. The molecule has 5 heteroatoms. The molecule has 1 rings (SSSR count). The number of esters is 1. The zero-order valence-corrected chi connectivity index (χ0v) is 10.4. The average molecular weight is 235 g/mol. The summed E-state index contributed by atoms with van der Waals surface area (Å²) in [5.74, 6) is -0.363. The molecule has 1 aromatic rings. The highest BCUT2D eigenvalue weighted by Crippen LogP contribution is 2.19. The van der Waals surface area contributed by atoms with E-state index in [9.17, 15) is 4.79 Å². The van der Waals surface area contributed by atoms with Crippen molar-refractivity contribution in [2.75, 3.05) is 6.61 Å². The van der Waals surface area contributed by atoms with Crippen LogP contribution >= 0.6 is 0 Å². The van der Waals surface area contributed by atoms with E-state index in [2.05, 4.69) is 11.2 Å². The molecule has 0 spiro atoms. The number of nitriles is 1. The van der Waals surface area contributed by atoms with Gasteiger partial charge in [-0.05, 0) is 27.2 Å². The van der Waals surface area contributed by atoms with Crippen molar-refractivity contribution in [3.63, 3.8) is 0 Å². The lowest BCUT2D eigenvalue weighted by molar-refractivity contribution is 0.0526. The molecule has 0 radical (unpaired) electrons. The molecule has 0 aromatic carbocycles. The van der Waals surface area contributed by atoms with Gasteiger partial charge < -0.3 is 4.74 Å². The number of carbonyl (C=O) groups excluding carboxylic acids is 1. The van der Waals surface area contributed by atoms with Crippen LogP contribution in [0, 0.1) is 16.7 Å². The Balaban J connectivity index is 2.58. The molecular formula is C12H17N3O2. The zero-order valence-electron chi connectivity index (χ0n) is 10.4. The maximum Gasteiger partial charge on any atom is 0.341 e. The smallest absolute Gasteiger partial charge is 0.341 e. The summed E-state index contributed by atoms with van der Waals surface area (Å²) in [6.07, 6.45) is 3.82. The third kappa shape index (κ3) is 3.91. The fourth-order valence-electron chi connectivity index (χ4n) is 1.26. The molecule has 0 aliphatic carbocycles. The maximum absolute atomic E-state index is 11.4. The van der Waals surface area contributed by atoms with E-state index < -0.39 is 0 Å². The molecule has 0 fully saturated rings. The largest absolute Gasteiger partial charge is 0.462 e. The molecule has 0 aliphatic heterocycles. The molecule has 0 atom stereocenters. The Kier molecular flexibility index (Phi) is 4.27. The van der Waals surface area contributed by atoms with Crippen molar-refractivity contribution in [2.24, 2.45) is 5.41 Å². The normalized spacial score (nSPS) is 10.9. The van der Waals surface area contributed by atoms with E-state index in [-0.39, 0.29) is 11.4 Å². The summed E-state index contributed by atoms with van der Waals surface area (Å²) >= 11 is 0. The standard InChI is InChI=1S/C12H17N3O2/c1-4-17-11(16)10-7-14-15(8-10)6-5-12(2,3)9-13/h7-8H,4-6H2,1-3H3. The van der Waals surface area contributed by atoms with Crippen molar-refractivity contribution >= 4 is 5.97 Å². The third-order valence-corrected chi connectivity index (χ3v) is 2.41. The first-order valence-electron chi connectivity index (χ1n) is 5.59. The van der Waals surface area contributed by atoms with Gasteiger partial charge in [-0.3, -0.25) is 4.68 Å². The molecule has 0 N–H and O–H groups in total. The van der Waals surface area contributed by atoms with Crippen LogP contribution in [0.1, 0.15) is 37.6 Å². The van der Waals surface area contributed by atoms with E-state index in [4.69, 9.17) is 10.00 Å². The molecule has 0 unspecified atom stereocenters. The summed E-state index contributed by atoms with van der Waals surface area (Å²) in [7, 11) is 0. The number of aromatic nitrogens is 2. The number of ether oxygens (including phenoxy) is 1. The van der Waals surface area contributed by atoms with Gasteiger partial charge in [0.2, 0.25) is 0 Å². The summed E-state index contributed by atoms with van der Waals surface area (Å²) in [4.78, 5) is 11.4. The zero-order chi connectivity index (χ0) is 12.9. The number of hydrogen-bond donors (Lipinski definition) is 0. The predicted molar refractivity (Wildman–Crippen MR) is 62.2 cm³/mol. The van der Waals surface area contributed by atoms with Gasteiger partial charge in [-0.2, -0.15) is 10.4 Å². The molecule has 1 heterocycles. The summed E-state index contributed by atoms with van der Waals surface area (Å²) < 4.78 is 6.52. The van der Waals surface area contributed by atoms with Gasteiger partial charge in [-0.1, -0.05) is 0 Å². The highest BCUT2D eigenvalue weighted by Gasteiger charge is 2.17. The molecule has 17 heavy (non-hydrogen) atoms. The minimum atomic E-state index is -0.379. The van der Waals surface area contributed by atoms with Crippen LogP contribution in [0.15, 0.2) is 12.4 Å². The van der Waals surface area contributed by atoms with E-state index in [1.54, 1.807) is 17.8 Å². The van der Waals surface area contributed by atoms with Crippen LogP contribution in [-0.4, -0.2) is 22.4 Å². The first-order chi connectivity index (χ1) is 7.98. The van der Waals surface area contributed by atoms with Gasteiger partial charge in [0.1, 0.15) is 0 Å². The average Bonchev–Trinajstić information content (AvgIpc) is 2.76. The Morgan fingerprint density at radius 1 is 1.65 bits per heavy atom. The fourth-order valence-corrected chi connectivity index (χ4v) is 1.26. The van der Waals surface area contributed by atoms with Crippen molar-refractivity contribution in [3.05, 3.63) is 18.0 Å². The summed E-state index contributed by atoms with van der Waals surface area (Å²) in [6.45, 7) is 6.48. The highest BCUT2D eigenvalue weighted by molar-refractivity contribution is 5.88. The Hall–Kier alpha value is -1.83. The molecule has 0 amide bonds. The van der Waals surface area contributed by atoms with E-state index in [0.717, 1.165) is 0 Å². The summed E-state index contributed by atoms with van der Waals surface area (Å²) in [5.41, 5.74) is 0.0670. The number of rotatable bonds is 5. The predicted octanol–water partition coefficient (Wildman–Crippen LogP) is 2.00.